The number of hydrogen-bond donors (Lipinski definition) is 1. The fourth-order valence-corrected chi connectivity index (χ4v) is 2.25. The summed E-state index contributed by atoms with van der Waals surface area (Å²) in [4.78, 5) is 1.84. The molecule has 4 nitrogen and oxygen atoms in total. The predicted molar refractivity (Wildman–Crippen MR) is 39.9 cm³/mol. The molecule has 0 fully saturated rings. The van der Waals surface area contributed by atoms with Gasteiger partial charge in [-0.3, -0.25) is 0 Å². The van der Waals surface area contributed by atoms with E-state index in [-0.39, 0.29) is 5.75 Å². The summed E-state index contributed by atoms with van der Waals surface area (Å²) in [5, 5.41) is 9.53. The minimum atomic E-state index is -0.664. The van der Waals surface area contributed by atoms with E-state index in [2.05, 4.69) is 0 Å². The van der Waals surface area contributed by atoms with Gasteiger partial charge in [-0.2, -0.15) is 0 Å². The van der Waals surface area contributed by atoms with Gasteiger partial charge in [0.1, 0.15) is 0 Å². The van der Waals surface area contributed by atoms with Crippen molar-refractivity contribution >= 4 is 19.1 Å². The first kappa shape index (κ1) is 5.48. The zero-order valence-electron chi connectivity index (χ0n) is 5.66. The van der Waals surface area contributed by atoms with Crippen LogP contribution in [0.15, 0.2) is 9.79 Å². The van der Waals surface area contributed by atoms with Crippen molar-refractivity contribution in [3.63, 3.8) is 0 Å². The lowest BCUT2D eigenvalue weighted by Crippen LogP contribution is -2.29. The molecule has 3 heterocycles. The molecule has 0 atom stereocenters. The molecule has 0 amide bonds. The molecule has 2 bridgehead atoms. The summed E-state index contributed by atoms with van der Waals surface area (Å²) in [5.74, 6) is 1.92. The number of benzene rings is 1. The fraction of sp³-hybridized carbons (Fsp3) is 0. The van der Waals surface area contributed by atoms with Gasteiger partial charge in [-0.05, 0) is 0 Å². The smallest absolute Gasteiger partial charge is 0.503 e. The van der Waals surface area contributed by atoms with Crippen LogP contribution in [0.5, 0.6) is 23.0 Å². The van der Waals surface area contributed by atoms with E-state index in [1.54, 1.807) is 0 Å². The van der Waals surface area contributed by atoms with E-state index < -0.39 is 7.32 Å². The molecule has 1 aromatic rings. The van der Waals surface area contributed by atoms with E-state index in [0.717, 1.165) is 15.5 Å². The van der Waals surface area contributed by atoms with Gasteiger partial charge in [0.15, 0.2) is 23.0 Å². The minimum Gasteiger partial charge on any atom is -0.503 e. The molecular weight excluding hydrogens is 179 g/mol. The van der Waals surface area contributed by atoms with Crippen molar-refractivity contribution in [2.45, 2.75) is 9.79 Å². The Labute approximate surface area is 71.6 Å². The molecule has 0 saturated carbocycles. The number of phenols is 1. The minimum absolute atomic E-state index is 0.194. The Balaban J connectivity index is 2.22. The van der Waals surface area contributed by atoms with Gasteiger partial charge in [0.2, 0.25) is 0 Å². The van der Waals surface area contributed by atoms with Crippen LogP contribution in [0.2, 0.25) is 0 Å². The highest BCUT2D eigenvalue weighted by Crippen LogP contribution is 2.69. The Hall–Kier alpha value is -1.17. The summed E-state index contributed by atoms with van der Waals surface area (Å²) in [6, 6.07) is 0. The SMILES string of the molecule is Oc1c2c3c(c4c1S4)OB(O2)O3. The number of fused-ring (bicyclic) bond motifs is 3. The molecule has 1 aromatic carbocycles. The number of rotatable bonds is 0. The van der Waals surface area contributed by atoms with Gasteiger partial charge in [-0.1, -0.05) is 11.8 Å². The summed E-state index contributed by atoms with van der Waals surface area (Å²) < 4.78 is 15.5. The van der Waals surface area contributed by atoms with Crippen LogP contribution in [-0.4, -0.2) is 12.4 Å². The van der Waals surface area contributed by atoms with Gasteiger partial charge < -0.3 is 19.1 Å². The second-order valence-electron chi connectivity index (χ2n) is 2.74. The first-order chi connectivity index (χ1) is 5.84. The van der Waals surface area contributed by atoms with Crippen molar-refractivity contribution in [1.29, 1.82) is 0 Å². The molecule has 0 radical (unpaired) electrons. The molecule has 0 unspecified atom stereocenters. The zero-order chi connectivity index (χ0) is 7.87. The third-order valence-electron chi connectivity index (χ3n) is 2.06. The maximum atomic E-state index is 9.53. The summed E-state index contributed by atoms with van der Waals surface area (Å²) in [6.07, 6.45) is 0. The molecule has 3 aliphatic heterocycles. The highest BCUT2D eigenvalue weighted by atomic mass is 32.2. The van der Waals surface area contributed by atoms with Crippen LogP contribution in [0.1, 0.15) is 0 Å². The number of aromatic hydroxyl groups is 1. The van der Waals surface area contributed by atoms with Crippen molar-refractivity contribution < 1.29 is 19.1 Å². The molecule has 58 valence electrons. The normalized spacial score (nSPS) is 18.2. The van der Waals surface area contributed by atoms with Crippen molar-refractivity contribution in [2.24, 2.45) is 0 Å². The quantitative estimate of drug-likeness (QED) is 0.484. The summed E-state index contributed by atoms with van der Waals surface area (Å²) in [5.41, 5.74) is 0. The average molecular weight is 180 g/mol. The summed E-state index contributed by atoms with van der Waals surface area (Å²) in [6.45, 7) is 0. The maximum Gasteiger partial charge on any atom is 0.864 e. The van der Waals surface area contributed by atoms with Gasteiger partial charge in [0.25, 0.3) is 0 Å². The molecule has 0 aromatic heterocycles. The van der Waals surface area contributed by atoms with Crippen LogP contribution in [0.4, 0.5) is 0 Å². The van der Waals surface area contributed by atoms with Gasteiger partial charge in [0, 0.05) is 0 Å². The van der Waals surface area contributed by atoms with Crippen LogP contribution in [0.25, 0.3) is 0 Å². The van der Waals surface area contributed by atoms with Crippen LogP contribution in [0.3, 0.4) is 0 Å². The van der Waals surface area contributed by atoms with E-state index >= 15 is 0 Å². The average Bonchev–Trinajstić information content (AvgIpc) is 2.60. The van der Waals surface area contributed by atoms with Crippen LogP contribution in [0, 0.1) is 0 Å². The second-order valence-corrected chi connectivity index (χ2v) is 3.76. The van der Waals surface area contributed by atoms with E-state index in [1.165, 1.54) is 11.8 Å². The van der Waals surface area contributed by atoms with Gasteiger partial charge in [-0.25, -0.2) is 0 Å². The molecular formula is C6HBO4S. The molecule has 0 spiro atoms. The molecule has 12 heavy (non-hydrogen) atoms. The Morgan fingerprint density at radius 2 is 1.75 bits per heavy atom. The topological polar surface area (TPSA) is 47.9 Å². The first-order valence-corrected chi connectivity index (χ1v) is 4.27. The van der Waals surface area contributed by atoms with Crippen LogP contribution < -0.4 is 14.0 Å². The lowest BCUT2D eigenvalue weighted by Gasteiger charge is -2.07. The lowest BCUT2D eigenvalue weighted by atomic mass is 10.2. The second kappa shape index (κ2) is 1.35. The van der Waals surface area contributed by atoms with Crippen LogP contribution >= 0.6 is 11.8 Å². The monoisotopic (exact) mass is 180 g/mol. The van der Waals surface area contributed by atoms with E-state index in [1.807, 2.05) is 0 Å². The van der Waals surface area contributed by atoms with Gasteiger partial charge in [0.05, 0.1) is 9.79 Å². The van der Waals surface area contributed by atoms with E-state index in [4.69, 9.17) is 14.0 Å². The predicted octanol–water partition coefficient (Wildman–Crippen LogP) is 1.01. The van der Waals surface area contributed by atoms with Crippen molar-refractivity contribution in [1.82, 2.24) is 0 Å². The van der Waals surface area contributed by atoms with Gasteiger partial charge in [-0.15, -0.1) is 0 Å². The molecule has 6 heteroatoms. The standard InChI is InChI=1S/C6HBO4S/c8-1-2-3-4(6-5(1)12-6)11-7(9-2)10-3/h8H. The summed E-state index contributed by atoms with van der Waals surface area (Å²) >= 11 is 1.50. The Bertz CT molecular complexity index is 432. The fourth-order valence-electron chi connectivity index (χ4n) is 1.48. The molecule has 3 aliphatic rings. The van der Waals surface area contributed by atoms with Crippen molar-refractivity contribution in [2.75, 3.05) is 0 Å². The van der Waals surface area contributed by atoms with Crippen molar-refractivity contribution in [3.8, 4) is 23.0 Å². The number of hydrogen-bond acceptors (Lipinski definition) is 5. The van der Waals surface area contributed by atoms with Crippen LogP contribution in [-0.2, 0) is 0 Å². The highest BCUT2D eigenvalue weighted by molar-refractivity contribution is 8.05. The Kier molecular flexibility index (Phi) is 0.617. The molecule has 0 saturated heterocycles. The Morgan fingerprint density at radius 3 is 2.58 bits per heavy atom. The van der Waals surface area contributed by atoms with Crippen molar-refractivity contribution in [3.05, 3.63) is 0 Å². The largest absolute Gasteiger partial charge is 0.864 e. The van der Waals surface area contributed by atoms with E-state index in [0.29, 0.717) is 11.5 Å². The van der Waals surface area contributed by atoms with E-state index in [9.17, 15) is 5.11 Å². The lowest BCUT2D eigenvalue weighted by molar-refractivity contribution is 0.359. The van der Waals surface area contributed by atoms with Gasteiger partial charge >= 0.3 is 7.32 Å². The summed E-state index contributed by atoms with van der Waals surface area (Å²) in [7, 11) is -0.664. The molecule has 1 N–H and O–H groups in total. The highest BCUT2D eigenvalue weighted by Gasteiger charge is 2.53. The molecule has 0 aliphatic carbocycles. The maximum absolute atomic E-state index is 9.53. The Morgan fingerprint density at radius 1 is 1.00 bits per heavy atom. The number of phenolic OH excluding ortho intramolecular Hbond substituents is 1. The third-order valence-corrected chi connectivity index (χ3v) is 3.05. The zero-order valence-corrected chi connectivity index (χ0v) is 6.47. The third kappa shape index (κ3) is 0.400. The molecule has 4 rings (SSSR count). The first-order valence-electron chi connectivity index (χ1n) is 3.45.